The number of pyridine rings is 2. The number of aromatic nitrogens is 4. The van der Waals surface area contributed by atoms with Crippen LogP contribution in [0.2, 0.25) is 5.02 Å². The predicted molar refractivity (Wildman–Crippen MR) is 95.5 cm³/mol. The molecule has 3 aromatic heterocycles. The zero-order chi connectivity index (χ0) is 16.7. The van der Waals surface area contributed by atoms with Gasteiger partial charge in [0.25, 0.3) is 5.56 Å². The van der Waals surface area contributed by atoms with Crippen molar-refractivity contribution in [1.82, 2.24) is 19.9 Å². The molecule has 0 aliphatic heterocycles. The van der Waals surface area contributed by atoms with Crippen LogP contribution in [0.25, 0.3) is 21.9 Å². The van der Waals surface area contributed by atoms with E-state index in [1.807, 2.05) is 25.1 Å². The Morgan fingerprint density at radius 3 is 2.92 bits per heavy atom. The molecule has 120 valence electrons. The highest BCUT2D eigenvalue weighted by Crippen LogP contribution is 2.23. The van der Waals surface area contributed by atoms with Gasteiger partial charge in [-0.25, -0.2) is 9.97 Å². The van der Waals surface area contributed by atoms with Crippen LogP contribution in [0.1, 0.15) is 18.5 Å². The van der Waals surface area contributed by atoms with E-state index in [0.29, 0.717) is 16.4 Å². The van der Waals surface area contributed by atoms with Crippen LogP contribution in [0.15, 0.2) is 47.7 Å². The number of halogens is 1. The van der Waals surface area contributed by atoms with E-state index in [4.69, 9.17) is 11.6 Å². The summed E-state index contributed by atoms with van der Waals surface area (Å²) in [7, 11) is 0. The SMILES string of the molecule is C[C@H](Nc1nccc2[nH]cnc12)c1cc2cc(Cl)ccc2[nH]c1=O. The van der Waals surface area contributed by atoms with Gasteiger partial charge in [0, 0.05) is 27.7 Å². The van der Waals surface area contributed by atoms with E-state index in [0.717, 1.165) is 21.9 Å². The molecule has 4 rings (SSSR count). The maximum absolute atomic E-state index is 12.4. The molecule has 0 fully saturated rings. The number of hydrogen-bond donors (Lipinski definition) is 3. The number of aromatic amines is 2. The van der Waals surface area contributed by atoms with Crippen LogP contribution in [-0.2, 0) is 0 Å². The largest absolute Gasteiger partial charge is 0.361 e. The van der Waals surface area contributed by atoms with E-state index in [9.17, 15) is 4.79 Å². The Morgan fingerprint density at radius 1 is 1.17 bits per heavy atom. The molecular weight excluding hydrogens is 326 g/mol. The molecule has 3 heterocycles. The van der Waals surface area contributed by atoms with Crippen LogP contribution in [0.3, 0.4) is 0 Å². The van der Waals surface area contributed by atoms with Gasteiger partial charge >= 0.3 is 0 Å². The van der Waals surface area contributed by atoms with Crippen LogP contribution < -0.4 is 10.9 Å². The van der Waals surface area contributed by atoms with Crippen molar-refractivity contribution in [2.24, 2.45) is 0 Å². The molecule has 6 nitrogen and oxygen atoms in total. The second-order valence-corrected chi connectivity index (χ2v) is 6.05. The van der Waals surface area contributed by atoms with Crippen molar-refractivity contribution in [1.29, 1.82) is 0 Å². The molecule has 0 aliphatic rings. The van der Waals surface area contributed by atoms with Gasteiger partial charge in [0.2, 0.25) is 0 Å². The fourth-order valence-electron chi connectivity index (χ4n) is 2.77. The van der Waals surface area contributed by atoms with Crippen molar-refractivity contribution in [3.63, 3.8) is 0 Å². The molecule has 0 spiro atoms. The Hall–Kier alpha value is -2.86. The maximum atomic E-state index is 12.4. The van der Waals surface area contributed by atoms with Crippen LogP contribution in [0.5, 0.6) is 0 Å². The zero-order valence-electron chi connectivity index (χ0n) is 12.8. The smallest absolute Gasteiger partial charge is 0.253 e. The number of fused-ring (bicyclic) bond motifs is 2. The third kappa shape index (κ3) is 2.51. The summed E-state index contributed by atoms with van der Waals surface area (Å²) in [6.45, 7) is 1.91. The summed E-state index contributed by atoms with van der Waals surface area (Å²) in [6.07, 6.45) is 3.31. The highest BCUT2D eigenvalue weighted by atomic mass is 35.5. The molecule has 7 heteroatoms. The molecular formula is C17H14ClN5O. The molecule has 24 heavy (non-hydrogen) atoms. The van der Waals surface area contributed by atoms with E-state index in [1.165, 1.54) is 0 Å². The standard InChI is InChI=1S/C17H14ClN5O/c1-9(22-16-15-14(4-5-19-16)20-8-21-15)12-7-10-6-11(18)2-3-13(10)23-17(12)24/h2-9H,1H3,(H,19,22)(H,20,21)(H,23,24)/t9-/m0/s1. The third-order valence-corrected chi connectivity index (χ3v) is 4.23. The Bertz CT molecular complexity index is 1100. The number of nitrogens with zero attached hydrogens (tertiary/aromatic N) is 2. The lowest BCUT2D eigenvalue weighted by molar-refractivity contribution is 0.859. The summed E-state index contributed by atoms with van der Waals surface area (Å²) in [5, 5.41) is 4.78. The maximum Gasteiger partial charge on any atom is 0.253 e. The van der Waals surface area contributed by atoms with Crippen LogP contribution in [0, 0.1) is 0 Å². The summed E-state index contributed by atoms with van der Waals surface area (Å²) in [5.74, 6) is 0.631. The van der Waals surface area contributed by atoms with Crippen LogP contribution in [-0.4, -0.2) is 19.9 Å². The molecule has 0 aliphatic carbocycles. The second-order valence-electron chi connectivity index (χ2n) is 5.61. The average molecular weight is 340 g/mol. The molecule has 0 radical (unpaired) electrons. The zero-order valence-corrected chi connectivity index (χ0v) is 13.6. The lowest BCUT2D eigenvalue weighted by Crippen LogP contribution is -2.19. The fraction of sp³-hybridized carbons (Fsp3) is 0.118. The number of hydrogen-bond acceptors (Lipinski definition) is 4. The summed E-state index contributed by atoms with van der Waals surface area (Å²) in [6, 6.07) is 8.84. The van der Waals surface area contributed by atoms with Crippen molar-refractivity contribution in [2.75, 3.05) is 5.32 Å². The van der Waals surface area contributed by atoms with Crippen LogP contribution in [0.4, 0.5) is 5.82 Å². The highest BCUT2D eigenvalue weighted by Gasteiger charge is 2.14. The van der Waals surface area contributed by atoms with E-state index >= 15 is 0 Å². The normalized spacial score (nSPS) is 12.6. The summed E-state index contributed by atoms with van der Waals surface area (Å²) in [4.78, 5) is 26.9. The van der Waals surface area contributed by atoms with Crippen molar-refractivity contribution >= 4 is 39.4 Å². The van der Waals surface area contributed by atoms with Crippen molar-refractivity contribution < 1.29 is 0 Å². The Labute approximate surface area is 141 Å². The van der Waals surface area contributed by atoms with Crippen molar-refractivity contribution in [3.8, 4) is 0 Å². The fourth-order valence-corrected chi connectivity index (χ4v) is 2.95. The van der Waals surface area contributed by atoms with Gasteiger partial charge in [-0.05, 0) is 37.3 Å². The predicted octanol–water partition coefficient (Wildman–Crippen LogP) is 3.63. The van der Waals surface area contributed by atoms with Crippen molar-refractivity contribution in [3.05, 3.63) is 63.8 Å². The highest BCUT2D eigenvalue weighted by molar-refractivity contribution is 6.31. The minimum Gasteiger partial charge on any atom is -0.361 e. The molecule has 0 bridgehead atoms. The molecule has 0 saturated heterocycles. The number of nitrogens with one attached hydrogen (secondary N) is 3. The van der Waals surface area contributed by atoms with E-state index in [-0.39, 0.29) is 11.6 Å². The van der Waals surface area contributed by atoms with Gasteiger partial charge in [-0.3, -0.25) is 4.79 Å². The second kappa shape index (κ2) is 5.65. The molecule has 4 aromatic rings. The lowest BCUT2D eigenvalue weighted by Gasteiger charge is -2.15. The first kappa shape index (κ1) is 14.7. The van der Waals surface area contributed by atoms with Gasteiger partial charge in [0.05, 0.1) is 17.9 Å². The van der Waals surface area contributed by atoms with Crippen LogP contribution >= 0.6 is 11.6 Å². The first-order chi connectivity index (χ1) is 11.6. The quantitative estimate of drug-likeness (QED) is 0.532. The van der Waals surface area contributed by atoms with Gasteiger partial charge in [-0.15, -0.1) is 0 Å². The van der Waals surface area contributed by atoms with Gasteiger partial charge < -0.3 is 15.3 Å². The number of anilines is 1. The topological polar surface area (TPSA) is 86.5 Å². The van der Waals surface area contributed by atoms with E-state index in [1.54, 1.807) is 24.7 Å². The van der Waals surface area contributed by atoms with Gasteiger partial charge in [0.15, 0.2) is 5.82 Å². The minimum absolute atomic E-state index is 0.140. The number of H-pyrrole nitrogens is 2. The summed E-state index contributed by atoms with van der Waals surface area (Å²) in [5.41, 5.74) is 2.86. The average Bonchev–Trinajstić information content (AvgIpc) is 3.04. The Balaban J connectivity index is 1.75. The molecule has 1 aromatic carbocycles. The van der Waals surface area contributed by atoms with Gasteiger partial charge in [0.1, 0.15) is 5.52 Å². The van der Waals surface area contributed by atoms with E-state index in [2.05, 4.69) is 25.3 Å². The molecule has 3 N–H and O–H groups in total. The summed E-state index contributed by atoms with van der Waals surface area (Å²) < 4.78 is 0. The minimum atomic E-state index is -0.244. The number of imidazole rings is 1. The molecule has 0 saturated carbocycles. The Morgan fingerprint density at radius 2 is 2.04 bits per heavy atom. The lowest BCUT2D eigenvalue weighted by atomic mass is 10.1. The first-order valence-corrected chi connectivity index (χ1v) is 7.87. The van der Waals surface area contributed by atoms with E-state index < -0.39 is 0 Å². The molecule has 0 amide bonds. The molecule has 1 atom stereocenters. The molecule has 0 unspecified atom stereocenters. The third-order valence-electron chi connectivity index (χ3n) is 3.99. The summed E-state index contributed by atoms with van der Waals surface area (Å²) >= 11 is 6.04. The first-order valence-electron chi connectivity index (χ1n) is 7.49. The number of rotatable bonds is 3. The number of benzene rings is 1. The van der Waals surface area contributed by atoms with Crippen molar-refractivity contribution in [2.45, 2.75) is 13.0 Å². The van der Waals surface area contributed by atoms with Gasteiger partial charge in [-0.1, -0.05) is 11.6 Å². The monoisotopic (exact) mass is 339 g/mol. The van der Waals surface area contributed by atoms with Gasteiger partial charge in [-0.2, -0.15) is 0 Å². The Kier molecular flexibility index (Phi) is 3.46.